The van der Waals surface area contributed by atoms with E-state index in [2.05, 4.69) is 15.3 Å². The maximum atomic E-state index is 12.2. The summed E-state index contributed by atoms with van der Waals surface area (Å²) in [6, 6.07) is 4.92. The number of hydrogen-bond acceptors (Lipinski definition) is 6. The molecular formula is C18H25ClN4O6. The Kier molecular flexibility index (Phi) is 13.3. The summed E-state index contributed by atoms with van der Waals surface area (Å²) in [7, 11) is 0. The number of nitrogens with two attached hydrogens (primary N) is 1. The fourth-order valence-electron chi connectivity index (χ4n) is 1.80. The predicted octanol–water partition coefficient (Wildman–Crippen LogP) is 1.55. The molecule has 0 fully saturated rings. The zero-order valence-electron chi connectivity index (χ0n) is 16.1. The number of benzene rings is 1. The van der Waals surface area contributed by atoms with Gasteiger partial charge in [0.2, 0.25) is 0 Å². The highest BCUT2D eigenvalue weighted by Gasteiger charge is 2.13. The number of carboxylic acids is 2. The first kappa shape index (κ1) is 25.9. The molecule has 6 N–H and O–H groups in total. The van der Waals surface area contributed by atoms with Crippen molar-refractivity contribution < 1.29 is 29.3 Å². The highest BCUT2D eigenvalue weighted by Crippen LogP contribution is 2.22. The minimum atomic E-state index is -0.833. The van der Waals surface area contributed by atoms with Gasteiger partial charge in [-0.15, -0.1) is 0 Å². The third-order valence-electron chi connectivity index (χ3n) is 2.76. The molecular weight excluding hydrogens is 404 g/mol. The first-order valence-electron chi connectivity index (χ1n) is 8.45. The molecule has 1 aromatic heterocycles. The van der Waals surface area contributed by atoms with E-state index in [4.69, 9.17) is 41.9 Å². The molecule has 0 aliphatic carbocycles. The van der Waals surface area contributed by atoms with Crippen molar-refractivity contribution in [1.29, 1.82) is 0 Å². The third kappa shape index (κ3) is 13.7. The molecule has 29 heavy (non-hydrogen) atoms. The van der Waals surface area contributed by atoms with Crippen LogP contribution in [0.15, 0.2) is 30.6 Å². The number of carbonyl (C=O) groups is 3. The Balaban J connectivity index is 0.000000837. The van der Waals surface area contributed by atoms with E-state index in [-0.39, 0.29) is 5.91 Å². The summed E-state index contributed by atoms with van der Waals surface area (Å²) in [6.45, 7) is 3.35. The summed E-state index contributed by atoms with van der Waals surface area (Å²) in [5, 5.41) is 18.1. The number of ether oxygens (including phenoxy) is 1. The van der Waals surface area contributed by atoms with Gasteiger partial charge in [-0.3, -0.25) is 14.4 Å². The molecule has 0 atom stereocenters. The Labute approximate surface area is 173 Å². The van der Waals surface area contributed by atoms with E-state index in [0.717, 1.165) is 19.7 Å². The van der Waals surface area contributed by atoms with Gasteiger partial charge < -0.3 is 31.0 Å². The van der Waals surface area contributed by atoms with E-state index in [1.165, 1.54) is 0 Å². The molecule has 0 aliphatic rings. The van der Waals surface area contributed by atoms with Crippen molar-refractivity contribution in [2.75, 3.05) is 19.7 Å². The van der Waals surface area contributed by atoms with Gasteiger partial charge in [0.1, 0.15) is 18.2 Å². The molecule has 11 heteroatoms. The van der Waals surface area contributed by atoms with Gasteiger partial charge in [0.15, 0.2) is 0 Å². The summed E-state index contributed by atoms with van der Waals surface area (Å²) < 4.78 is 5.45. The number of nitrogens with one attached hydrogen (secondary N) is 2. The number of carbonyl (C=O) groups excluding carboxylic acids is 1. The van der Waals surface area contributed by atoms with Gasteiger partial charge >= 0.3 is 0 Å². The number of nitrogens with zero attached hydrogens (tertiary/aromatic N) is 1. The molecule has 1 heterocycles. The van der Waals surface area contributed by atoms with Crippen molar-refractivity contribution in [3.05, 3.63) is 47.0 Å². The van der Waals surface area contributed by atoms with Crippen LogP contribution in [0.4, 0.5) is 0 Å². The van der Waals surface area contributed by atoms with Crippen LogP contribution in [-0.4, -0.2) is 57.7 Å². The lowest BCUT2D eigenvalue weighted by Gasteiger charge is -2.11. The van der Waals surface area contributed by atoms with Crippen molar-refractivity contribution >= 4 is 29.4 Å². The maximum absolute atomic E-state index is 12.2. The Morgan fingerprint density at radius 2 is 1.86 bits per heavy atom. The van der Waals surface area contributed by atoms with Crippen molar-refractivity contribution in [3.63, 3.8) is 0 Å². The minimum absolute atomic E-state index is 0.240. The molecule has 2 rings (SSSR count). The van der Waals surface area contributed by atoms with Crippen LogP contribution in [0.5, 0.6) is 5.75 Å². The van der Waals surface area contributed by atoms with Gasteiger partial charge in [-0.2, -0.15) is 0 Å². The van der Waals surface area contributed by atoms with Crippen molar-refractivity contribution in [3.8, 4) is 5.75 Å². The smallest absolute Gasteiger partial charge is 0.300 e. The number of hydrogen-bond donors (Lipinski definition) is 5. The van der Waals surface area contributed by atoms with Gasteiger partial charge in [0, 0.05) is 50.8 Å². The van der Waals surface area contributed by atoms with Gasteiger partial charge in [0.25, 0.3) is 17.8 Å². The van der Waals surface area contributed by atoms with Crippen LogP contribution in [0.2, 0.25) is 5.02 Å². The van der Waals surface area contributed by atoms with Gasteiger partial charge in [0.05, 0.1) is 5.56 Å². The number of halogens is 1. The summed E-state index contributed by atoms with van der Waals surface area (Å²) >= 11 is 5.93. The molecule has 0 spiro atoms. The number of aromatic amines is 1. The Morgan fingerprint density at radius 3 is 2.38 bits per heavy atom. The molecule has 1 aromatic carbocycles. The molecule has 0 radical (unpaired) electrons. The highest BCUT2D eigenvalue weighted by molar-refractivity contribution is 6.31. The lowest BCUT2D eigenvalue weighted by Crippen LogP contribution is -2.26. The van der Waals surface area contributed by atoms with E-state index in [1.807, 2.05) is 0 Å². The number of H-pyrrole nitrogens is 1. The SMILES string of the molecule is CC(=O)O.CC(=O)O.NCCOc1ccc(Cl)cc1C(=O)NCCc1ncc[nH]1. The standard InChI is InChI=1S/C14H17ClN4O2.2C2H4O2/c15-10-1-2-12(21-8-4-16)11(9-10)14(20)19-5-3-13-17-6-7-18-13;2*1-2(3)4/h1-2,6-7,9H,3-5,8,16H2,(H,17,18)(H,19,20);2*1H3,(H,3,4). The zero-order chi connectivity index (χ0) is 22.2. The topological polar surface area (TPSA) is 168 Å². The summed E-state index contributed by atoms with van der Waals surface area (Å²) in [5.74, 6) is -0.613. The first-order chi connectivity index (χ1) is 13.7. The lowest BCUT2D eigenvalue weighted by molar-refractivity contribution is -0.135. The molecule has 1 amide bonds. The monoisotopic (exact) mass is 428 g/mol. The van der Waals surface area contributed by atoms with Crippen LogP contribution < -0.4 is 15.8 Å². The molecule has 0 saturated heterocycles. The molecule has 160 valence electrons. The fraction of sp³-hybridized carbons (Fsp3) is 0.333. The Morgan fingerprint density at radius 1 is 1.24 bits per heavy atom. The fourth-order valence-corrected chi connectivity index (χ4v) is 1.97. The minimum Gasteiger partial charge on any atom is -0.491 e. The van der Waals surface area contributed by atoms with Crippen LogP contribution in [0.25, 0.3) is 0 Å². The average Bonchev–Trinajstić information content (AvgIpc) is 3.13. The van der Waals surface area contributed by atoms with Crippen LogP contribution in [0.1, 0.15) is 30.0 Å². The average molecular weight is 429 g/mol. The molecule has 0 unspecified atom stereocenters. The summed E-state index contributed by atoms with van der Waals surface area (Å²) in [4.78, 5) is 37.3. The number of imidazole rings is 1. The van der Waals surface area contributed by atoms with Crippen LogP contribution in [0, 0.1) is 0 Å². The number of carboxylic acid groups (broad SMARTS) is 2. The third-order valence-corrected chi connectivity index (χ3v) is 3.00. The molecule has 0 bridgehead atoms. The quantitative estimate of drug-likeness (QED) is 0.442. The van der Waals surface area contributed by atoms with E-state index in [9.17, 15) is 4.79 Å². The number of amides is 1. The van der Waals surface area contributed by atoms with Crippen LogP contribution in [0.3, 0.4) is 0 Å². The first-order valence-corrected chi connectivity index (χ1v) is 8.83. The van der Waals surface area contributed by atoms with Crippen LogP contribution in [-0.2, 0) is 16.0 Å². The van der Waals surface area contributed by atoms with E-state index in [1.54, 1.807) is 30.6 Å². The second kappa shape index (κ2) is 14.9. The number of aromatic nitrogens is 2. The normalized spacial score (nSPS) is 9.24. The second-order valence-corrected chi connectivity index (χ2v) is 5.79. The predicted molar refractivity (Wildman–Crippen MR) is 107 cm³/mol. The largest absolute Gasteiger partial charge is 0.491 e. The highest BCUT2D eigenvalue weighted by atomic mass is 35.5. The van der Waals surface area contributed by atoms with E-state index in [0.29, 0.717) is 42.5 Å². The molecule has 10 nitrogen and oxygen atoms in total. The summed E-state index contributed by atoms with van der Waals surface area (Å²) in [6.07, 6.45) is 4.04. The Hall–Kier alpha value is -3.11. The molecule has 0 saturated carbocycles. The van der Waals surface area contributed by atoms with Gasteiger partial charge in [-0.1, -0.05) is 11.6 Å². The van der Waals surface area contributed by atoms with Crippen LogP contribution >= 0.6 is 11.6 Å². The zero-order valence-corrected chi connectivity index (χ0v) is 16.9. The van der Waals surface area contributed by atoms with Crippen molar-refractivity contribution in [2.45, 2.75) is 20.3 Å². The summed E-state index contributed by atoms with van der Waals surface area (Å²) in [5.41, 5.74) is 5.80. The number of aliphatic carboxylic acids is 2. The van der Waals surface area contributed by atoms with Crippen molar-refractivity contribution in [2.24, 2.45) is 5.73 Å². The second-order valence-electron chi connectivity index (χ2n) is 5.36. The Bertz CT molecular complexity index is 748. The van der Waals surface area contributed by atoms with E-state index < -0.39 is 11.9 Å². The maximum Gasteiger partial charge on any atom is 0.300 e. The van der Waals surface area contributed by atoms with Crippen molar-refractivity contribution in [1.82, 2.24) is 15.3 Å². The molecule has 0 aliphatic heterocycles. The molecule has 2 aromatic rings. The van der Waals surface area contributed by atoms with E-state index >= 15 is 0 Å². The van der Waals surface area contributed by atoms with Gasteiger partial charge in [-0.05, 0) is 18.2 Å². The number of rotatable bonds is 7. The lowest BCUT2D eigenvalue weighted by atomic mass is 10.2. The van der Waals surface area contributed by atoms with Gasteiger partial charge in [-0.25, -0.2) is 4.98 Å².